The number of nitrogens with one attached hydrogen (secondary N) is 2. The number of aromatic nitrogens is 2. The maximum atomic E-state index is 12.4. The SMILES string of the molecule is CCNc1cnc(OC)c(C(=O)NCC2CCCN2CC)n1. The minimum absolute atomic E-state index is 0.224. The molecule has 0 aromatic carbocycles. The molecule has 1 aromatic heterocycles. The van der Waals surface area contributed by atoms with Gasteiger partial charge in [0, 0.05) is 19.1 Å². The number of likely N-dealkylation sites (tertiary alicyclic amines) is 1. The van der Waals surface area contributed by atoms with E-state index in [1.54, 1.807) is 6.20 Å². The number of anilines is 1. The molecule has 0 radical (unpaired) electrons. The Balaban J connectivity index is 2.03. The van der Waals surface area contributed by atoms with Gasteiger partial charge in [-0.1, -0.05) is 6.92 Å². The van der Waals surface area contributed by atoms with E-state index in [1.807, 2.05) is 6.92 Å². The van der Waals surface area contributed by atoms with Crippen molar-refractivity contribution in [1.82, 2.24) is 20.2 Å². The third kappa shape index (κ3) is 3.85. The highest BCUT2D eigenvalue weighted by Gasteiger charge is 2.24. The second-order valence-electron chi connectivity index (χ2n) is 5.28. The first-order chi connectivity index (χ1) is 10.7. The molecular weight excluding hydrogens is 282 g/mol. The fourth-order valence-electron chi connectivity index (χ4n) is 2.78. The fraction of sp³-hybridized carbons (Fsp3) is 0.667. The van der Waals surface area contributed by atoms with Gasteiger partial charge in [-0.3, -0.25) is 9.69 Å². The van der Waals surface area contributed by atoms with Gasteiger partial charge in [-0.2, -0.15) is 0 Å². The average molecular weight is 307 g/mol. The first-order valence-electron chi connectivity index (χ1n) is 7.86. The molecule has 0 saturated carbocycles. The monoisotopic (exact) mass is 307 g/mol. The predicted molar refractivity (Wildman–Crippen MR) is 85.3 cm³/mol. The minimum atomic E-state index is -0.243. The highest BCUT2D eigenvalue weighted by atomic mass is 16.5. The van der Waals surface area contributed by atoms with Crippen molar-refractivity contribution in [2.45, 2.75) is 32.7 Å². The van der Waals surface area contributed by atoms with Gasteiger partial charge in [-0.15, -0.1) is 0 Å². The van der Waals surface area contributed by atoms with Crippen molar-refractivity contribution in [1.29, 1.82) is 0 Å². The Morgan fingerprint density at radius 1 is 1.50 bits per heavy atom. The number of likely N-dealkylation sites (N-methyl/N-ethyl adjacent to an activating group) is 1. The lowest BCUT2D eigenvalue weighted by Crippen LogP contribution is -2.40. The van der Waals surface area contributed by atoms with Gasteiger partial charge in [0.1, 0.15) is 5.82 Å². The fourth-order valence-corrected chi connectivity index (χ4v) is 2.78. The van der Waals surface area contributed by atoms with Crippen LogP contribution in [0.1, 0.15) is 37.2 Å². The second-order valence-corrected chi connectivity index (χ2v) is 5.28. The van der Waals surface area contributed by atoms with Crippen LogP contribution in [0.15, 0.2) is 6.20 Å². The van der Waals surface area contributed by atoms with E-state index in [0.29, 0.717) is 18.4 Å². The molecule has 2 rings (SSSR count). The number of rotatable bonds is 7. The number of amides is 1. The highest BCUT2D eigenvalue weighted by molar-refractivity contribution is 5.94. The molecule has 122 valence electrons. The van der Waals surface area contributed by atoms with Crippen LogP contribution in [-0.2, 0) is 0 Å². The van der Waals surface area contributed by atoms with Gasteiger partial charge in [-0.05, 0) is 32.9 Å². The molecule has 1 unspecified atom stereocenters. The molecule has 1 amide bonds. The van der Waals surface area contributed by atoms with Crippen molar-refractivity contribution in [3.05, 3.63) is 11.9 Å². The summed E-state index contributed by atoms with van der Waals surface area (Å²) in [6.45, 7) is 7.58. The van der Waals surface area contributed by atoms with E-state index in [0.717, 1.165) is 26.1 Å². The first kappa shape index (κ1) is 16.5. The molecule has 1 fully saturated rings. The van der Waals surface area contributed by atoms with Gasteiger partial charge in [0.15, 0.2) is 5.69 Å². The molecule has 7 nitrogen and oxygen atoms in total. The number of carbonyl (C=O) groups excluding carboxylic acids is 1. The summed E-state index contributed by atoms with van der Waals surface area (Å²) < 4.78 is 5.14. The zero-order valence-corrected chi connectivity index (χ0v) is 13.6. The molecule has 1 aromatic rings. The van der Waals surface area contributed by atoms with Crippen molar-refractivity contribution < 1.29 is 9.53 Å². The summed E-state index contributed by atoms with van der Waals surface area (Å²) in [7, 11) is 1.49. The Hall–Kier alpha value is -1.89. The minimum Gasteiger partial charge on any atom is -0.479 e. The van der Waals surface area contributed by atoms with Crippen LogP contribution in [0, 0.1) is 0 Å². The summed E-state index contributed by atoms with van der Waals surface area (Å²) >= 11 is 0. The Bertz CT molecular complexity index is 509. The summed E-state index contributed by atoms with van der Waals surface area (Å²) in [5.41, 5.74) is 0.224. The molecule has 1 saturated heterocycles. The first-order valence-corrected chi connectivity index (χ1v) is 7.86. The van der Waals surface area contributed by atoms with Crippen molar-refractivity contribution in [2.75, 3.05) is 38.6 Å². The van der Waals surface area contributed by atoms with Gasteiger partial charge in [-0.25, -0.2) is 9.97 Å². The number of methoxy groups -OCH3 is 1. The maximum absolute atomic E-state index is 12.4. The van der Waals surface area contributed by atoms with E-state index in [1.165, 1.54) is 13.5 Å². The van der Waals surface area contributed by atoms with Crippen LogP contribution < -0.4 is 15.4 Å². The van der Waals surface area contributed by atoms with E-state index in [4.69, 9.17) is 4.74 Å². The number of hydrogen-bond donors (Lipinski definition) is 2. The van der Waals surface area contributed by atoms with E-state index in [-0.39, 0.29) is 17.5 Å². The lowest BCUT2D eigenvalue weighted by Gasteiger charge is -2.22. The van der Waals surface area contributed by atoms with Gasteiger partial charge in [0.05, 0.1) is 13.3 Å². The third-order valence-electron chi connectivity index (χ3n) is 3.91. The van der Waals surface area contributed by atoms with Crippen LogP contribution in [0.5, 0.6) is 5.88 Å². The summed E-state index contributed by atoms with van der Waals surface area (Å²) in [4.78, 5) is 23.2. The molecule has 0 aliphatic carbocycles. The number of ether oxygens (including phenoxy) is 1. The smallest absolute Gasteiger partial charge is 0.275 e. The third-order valence-corrected chi connectivity index (χ3v) is 3.91. The van der Waals surface area contributed by atoms with Crippen molar-refractivity contribution in [3.8, 4) is 5.88 Å². The summed E-state index contributed by atoms with van der Waals surface area (Å²) in [5.74, 6) is 0.578. The Morgan fingerprint density at radius 3 is 3.00 bits per heavy atom. The van der Waals surface area contributed by atoms with Gasteiger partial charge in [0.2, 0.25) is 5.88 Å². The van der Waals surface area contributed by atoms with Crippen LogP contribution in [-0.4, -0.2) is 60.1 Å². The Labute approximate surface area is 131 Å². The summed E-state index contributed by atoms with van der Waals surface area (Å²) in [6, 6.07) is 0.407. The van der Waals surface area contributed by atoms with E-state index < -0.39 is 0 Å². The van der Waals surface area contributed by atoms with Crippen LogP contribution in [0.4, 0.5) is 5.82 Å². The predicted octanol–water partition coefficient (Wildman–Crippen LogP) is 1.13. The van der Waals surface area contributed by atoms with Gasteiger partial charge >= 0.3 is 0 Å². The van der Waals surface area contributed by atoms with Crippen molar-refractivity contribution in [2.24, 2.45) is 0 Å². The average Bonchev–Trinajstić information content (AvgIpc) is 3.00. The largest absolute Gasteiger partial charge is 0.479 e. The van der Waals surface area contributed by atoms with E-state index in [9.17, 15) is 4.79 Å². The molecule has 2 N–H and O–H groups in total. The van der Waals surface area contributed by atoms with Crippen LogP contribution in [0.3, 0.4) is 0 Å². The summed E-state index contributed by atoms with van der Waals surface area (Å²) in [5, 5.41) is 6.01. The second kappa shape index (κ2) is 7.93. The van der Waals surface area contributed by atoms with Gasteiger partial charge in [0.25, 0.3) is 5.91 Å². The molecule has 1 atom stereocenters. The van der Waals surface area contributed by atoms with Crippen molar-refractivity contribution in [3.63, 3.8) is 0 Å². The van der Waals surface area contributed by atoms with Gasteiger partial charge < -0.3 is 15.4 Å². The number of hydrogen-bond acceptors (Lipinski definition) is 6. The van der Waals surface area contributed by atoms with Crippen molar-refractivity contribution >= 4 is 11.7 Å². The van der Waals surface area contributed by atoms with Crippen LogP contribution in [0.2, 0.25) is 0 Å². The molecule has 7 heteroatoms. The highest BCUT2D eigenvalue weighted by Crippen LogP contribution is 2.17. The Morgan fingerprint density at radius 2 is 2.32 bits per heavy atom. The van der Waals surface area contributed by atoms with E-state index >= 15 is 0 Å². The van der Waals surface area contributed by atoms with E-state index in [2.05, 4.69) is 32.4 Å². The normalized spacial score (nSPS) is 18.2. The number of nitrogens with zero attached hydrogens (tertiary/aromatic N) is 3. The maximum Gasteiger partial charge on any atom is 0.275 e. The zero-order chi connectivity index (χ0) is 15.9. The quantitative estimate of drug-likeness (QED) is 0.786. The molecular formula is C15H25N5O2. The number of carbonyl (C=O) groups is 1. The molecule has 1 aliphatic rings. The zero-order valence-electron chi connectivity index (χ0n) is 13.6. The standard InChI is InChI=1S/C15H25N5O2/c1-4-16-12-10-18-15(22-3)13(19-12)14(21)17-9-11-7-6-8-20(11)5-2/h10-11H,4-9H2,1-3H3,(H,16,19)(H,17,21). The lowest BCUT2D eigenvalue weighted by molar-refractivity contribution is 0.0932. The summed E-state index contributed by atoms with van der Waals surface area (Å²) in [6.07, 6.45) is 3.87. The molecule has 0 bridgehead atoms. The lowest BCUT2D eigenvalue weighted by atomic mass is 10.2. The van der Waals surface area contributed by atoms with Crippen LogP contribution >= 0.6 is 0 Å². The molecule has 0 spiro atoms. The molecule has 1 aliphatic heterocycles. The molecule has 22 heavy (non-hydrogen) atoms. The molecule has 2 heterocycles. The van der Waals surface area contributed by atoms with Crippen LogP contribution in [0.25, 0.3) is 0 Å². The topological polar surface area (TPSA) is 79.4 Å². The Kier molecular flexibility index (Phi) is 5.94.